The van der Waals surface area contributed by atoms with Gasteiger partial charge in [0.2, 0.25) is 0 Å². The van der Waals surface area contributed by atoms with Crippen LogP contribution in [0.5, 0.6) is 5.75 Å². The molecule has 6 heteroatoms. The number of unbranched alkanes of at least 4 members (excludes halogenated alkanes) is 1. The molecule has 1 heterocycles. The van der Waals surface area contributed by atoms with Gasteiger partial charge in [-0.25, -0.2) is 4.79 Å². The van der Waals surface area contributed by atoms with Gasteiger partial charge in [-0.15, -0.1) is 23.1 Å². The summed E-state index contributed by atoms with van der Waals surface area (Å²) in [6.45, 7) is 2.17. The largest absolute Gasteiger partial charge is 0.422 e. The molecular formula is C16H15NO2S3. The van der Waals surface area contributed by atoms with E-state index in [1.807, 2.05) is 12.1 Å². The van der Waals surface area contributed by atoms with E-state index in [1.165, 1.54) is 24.2 Å². The van der Waals surface area contributed by atoms with Crippen LogP contribution in [0.3, 0.4) is 0 Å². The highest BCUT2D eigenvalue weighted by molar-refractivity contribution is 8.01. The second kappa shape index (κ2) is 8.86. The van der Waals surface area contributed by atoms with Crippen LogP contribution < -0.4 is 4.74 Å². The molecule has 0 N–H and O–H groups in total. The van der Waals surface area contributed by atoms with Crippen molar-refractivity contribution >= 4 is 52.1 Å². The van der Waals surface area contributed by atoms with Crippen LogP contribution in [0.15, 0.2) is 45.6 Å². The summed E-state index contributed by atoms with van der Waals surface area (Å²) in [6.07, 6.45) is 2.36. The van der Waals surface area contributed by atoms with Crippen molar-refractivity contribution < 1.29 is 9.53 Å². The number of ether oxygens (including phenoxy) is 1. The predicted molar refractivity (Wildman–Crippen MR) is 96.0 cm³/mol. The number of hydrogen-bond donors (Lipinski definition) is 0. The molecule has 0 atom stereocenters. The average molecular weight is 350 g/mol. The summed E-state index contributed by atoms with van der Waals surface area (Å²) in [5, 5.41) is 2.29. The molecule has 0 aliphatic heterocycles. The van der Waals surface area contributed by atoms with Crippen molar-refractivity contribution in [2.75, 3.05) is 5.75 Å². The maximum absolute atomic E-state index is 12.1. The lowest BCUT2D eigenvalue weighted by molar-refractivity contribution is 0.0740. The molecule has 0 aliphatic carbocycles. The highest BCUT2D eigenvalue weighted by atomic mass is 32.2. The molecule has 0 unspecified atom stereocenters. The first-order valence-electron chi connectivity index (χ1n) is 6.85. The number of thioether (sulfide) groups is 1. The van der Waals surface area contributed by atoms with Gasteiger partial charge in [-0.3, -0.25) is 0 Å². The first-order chi connectivity index (χ1) is 10.7. The van der Waals surface area contributed by atoms with E-state index >= 15 is 0 Å². The number of thiocarbonyl (C=S) groups is 1. The monoisotopic (exact) mass is 349 g/mol. The zero-order valence-corrected chi connectivity index (χ0v) is 14.5. The SMILES string of the molecule is CCCCSc1ccc(C(=O)Oc2ccc(N=C=S)cc2)s1. The van der Waals surface area contributed by atoms with Gasteiger partial charge in [0.25, 0.3) is 0 Å². The fourth-order valence-corrected chi connectivity index (χ4v) is 3.90. The molecule has 0 spiro atoms. The molecule has 1 aromatic heterocycles. The van der Waals surface area contributed by atoms with Crippen LogP contribution in [0.2, 0.25) is 0 Å². The van der Waals surface area contributed by atoms with Gasteiger partial charge in [0.15, 0.2) is 0 Å². The summed E-state index contributed by atoms with van der Waals surface area (Å²) in [6, 6.07) is 10.6. The van der Waals surface area contributed by atoms with Crippen molar-refractivity contribution in [2.45, 2.75) is 24.0 Å². The summed E-state index contributed by atoms with van der Waals surface area (Å²) in [4.78, 5) is 16.6. The maximum atomic E-state index is 12.1. The third-order valence-electron chi connectivity index (χ3n) is 2.75. The Hall–Kier alpha value is -1.46. The average Bonchev–Trinajstić information content (AvgIpc) is 2.99. The molecule has 1 aromatic carbocycles. The lowest BCUT2D eigenvalue weighted by Crippen LogP contribution is -2.05. The molecule has 114 valence electrons. The van der Waals surface area contributed by atoms with Gasteiger partial charge in [0, 0.05) is 0 Å². The number of carbonyl (C=O) groups is 1. The van der Waals surface area contributed by atoms with E-state index in [-0.39, 0.29) is 5.97 Å². The Morgan fingerprint density at radius 2 is 2.09 bits per heavy atom. The summed E-state index contributed by atoms with van der Waals surface area (Å²) < 4.78 is 6.49. The van der Waals surface area contributed by atoms with E-state index in [2.05, 4.69) is 29.3 Å². The molecule has 0 radical (unpaired) electrons. The minimum Gasteiger partial charge on any atom is -0.422 e. The van der Waals surface area contributed by atoms with Gasteiger partial charge in [-0.05, 0) is 60.8 Å². The molecule has 2 aromatic rings. The standard InChI is InChI=1S/C16H15NO2S3/c1-2-3-10-21-15-9-8-14(22-15)16(18)19-13-6-4-12(5-7-13)17-11-20/h4-9H,2-3,10H2,1H3. The number of isothiocyanates is 1. The van der Waals surface area contributed by atoms with Crippen molar-refractivity contribution in [3.63, 3.8) is 0 Å². The van der Waals surface area contributed by atoms with Crippen LogP contribution in [0.1, 0.15) is 29.4 Å². The quantitative estimate of drug-likeness (QED) is 0.163. The van der Waals surface area contributed by atoms with Crippen molar-refractivity contribution in [1.29, 1.82) is 0 Å². The van der Waals surface area contributed by atoms with E-state index in [0.717, 1.165) is 9.96 Å². The molecule has 0 saturated heterocycles. The number of carbonyl (C=O) groups excluding carboxylic acids is 1. The molecule has 0 bridgehead atoms. The zero-order chi connectivity index (χ0) is 15.8. The number of nitrogens with zero attached hydrogens (tertiary/aromatic N) is 1. The molecule has 0 aliphatic rings. The van der Waals surface area contributed by atoms with Crippen LogP contribution in [0.25, 0.3) is 0 Å². The van der Waals surface area contributed by atoms with Gasteiger partial charge < -0.3 is 4.74 Å². The highest BCUT2D eigenvalue weighted by Gasteiger charge is 2.12. The van der Waals surface area contributed by atoms with E-state index < -0.39 is 0 Å². The Bertz CT molecular complexity index is 673. The van der Waals surface area contributed by atoms with E-state index in [9.17, 15) is 4.79 Å². The molecule has 0 saturated carbocycles. The highest BCUT2D eigenvalue weighted by Crippen LogP contribution is 2.29. The Balaban J connectivity index is 1.95. The van der Waals surface area contributed by atoms with Gasteiger partial charge in [-0.2, -0.15) is 4.99 Å². The number of aliphatic imine (C=N–C) groups is 1. The second-order valence-electron chi connectivity index (χ2n) is 4.41. The molecule has 2 rings (SSSR count). The minimum absolute atomic E-state index is 0.335. The zero-order valence-electron chi connectivity index (χ0n) is 12.1. The first-order valence-corrected chi connectivity index (χ1v) is 9.06. The van der Waals surface area contributed by atoms with Crippen molar-refractivity contribution in [1.82, 2.24) is 0 Å². The predicted octanol–water partition coefficient (Wildman–Crippen LogP) is 5.59. The Kier molecular flexibility index (Phi) is 6.80. The number of thiophene rings is 1. The third-order valence-corrected chi connectivity index (χ3v) is 5.21. The second-order valence-corrected chi connectivity index (χ2v) is 7.07. The molecular weight excluding hydrogens is 334 g/mol. The maximum Gasteiger partial charge on any atom is 0.353 e. The van der Waals surface area contributed by atoms with Gasteiger partial charge >= 0.3 is 5.97 Å². The number of esters is 1. The minimum atomic E-state index is -0.335. The normalized spacial score (nSPS) is 10.0. The fraction of sp³-hybridized carbons (Fsp3) is 0.250. The molecule has 0 fully saturated rings. The van der Waals surface area contributed by atoms with E-state index in [0.29, 0.717) is 16.3 Å². The molecule has 22 heavy (non-hydrogen) atoms. The summed E-state index contributed by atoms with van der Waals surface area (Å²) in [5.74, 6) is 1.23. The summed E-state index contributed by atoms with van der Waals surface area (Å²) in [5.41, 5.74) is 0.681. The van der Waals surface area contributed by atoms with Crippen molar-refractivity contribution in [2.24, 2.45) is 4.99 Å². The van der Waals surface area contributed by atoms with Crippen molar-refractivity contribution in [3.05, 3.63) is 41.3 Å². The number of rotatable bonds is 7. The summed E-state index contributed by atoms with van der Waals surface area (Å²) >= 11 is 7.78. The van der Waals surface area contributed by atoms with E-state index in [4.69, 9.17) is 4.74 Å². The first kappa shape index (κ1) is 16.9. The van der Waals surface area contributed by atoms with Crippen LogP contribution in [0.4, 0.5) is 5.69 Å². The van der Waals surface area contributed by atoms with Crippen molar-refractivity contribution in [3.8, 4) is 5.75 Å². The summed E-state index contributed by atoms with van der Waals surface area (Å²) in [7, 11) is 0. The molecule has 0 amide bonds. The van der Waals surface area contributed by atoms with Crippen LogP contribution in [-0.2, 0) is 0 Å². The van der Waals surface area contributed by atoms with Gasteiger partial charge in [0.05, 0.1) is 15.1 Å². The number of benzene rings is 1. The third kappa shape index (κ3) is 5.07. The Morgan fingerprint density at radius 3 is 2.77 bits per heavy atom. The van der Waals surface area contributed by atoms with Crippen LogP contribution in [-0.4, -0.2) is 16.9 Å². The lowest BCUT2D eigenvalue weighted by atomic mass is 10.3. The van der Waals surface area contributed by atoms with Gasteiger partial charge in [-0.1, -0.05) is 13.3 Å². The Labute approximate surface area is 143 Å². The lowest BCUT2D eigenvalue weighted by Gasteiger charge is -2.02. The van der Waals surface area contributed by atoms with Crippen LogP contribution in [0, 0.1) is 0 Å². The van der Waals surface area contributed by atoms with Gasteiger partial charge in [0.1, 0.15) is 10.6 Å². The van der Waals surface area contributed by atoms with E-state index in [1.54, 1.807) is 36.0 Å². The number of hydrogen-bond acceptors (Lipinski definition) is 6. The Morgan fingerprint density at radius 1 is 1.32 bits per heavy atom. The fourth-order valence-electron chi connectivity index (χ4n) is 1.62. The smallest absolute Gasteiger partial charge is 0.353 e. The topological polar surface area (TPSA) is 38.7 Å². The molecule has 3 nitrogen and oxygen atoms in total. The van der Waals surface area contributed by atoms with Crippen LogP contribution >= 0.6 is 35.3 Å².